The Hall–Kier alpha value is -17.1. The Balaban J connectivity index is 0.689. The van der Waals surface area contributed by atoms with E-state index < -0.39 is 58.1 Å². The lowest BCUT2D eigenvalue weighted by Gasteiger charge is -2.21. The first-order chi connectivity index (χ1) is 65.8. The molecule has 6 heterocycles. The highest BCUT2D eigenvalue weighted by Crippen LogP contribution is 2.52. The van der Waals surface area contributed by atoms with Gasteiger partial charge in [0.15, 0.2) is 0 Å². The summed E-state index contributed by atoms with van der Waals surface area (Å²) in [5, 5.41) is 32.6. The third kappa shape index (κ3) is 13.0. The van der Waals surface area contributed by atoms with Crippen LogP contribution in [-0.2, 0) is 31.1 Å². The van der Waals surface area contributed by atoms with Crippen LogP contribution in [0.15, 0.2) is 370 Å². The van der Waals surface area contributed by atoms with E-state index in [4.69, 9.17) is 0 Å². The van der Waals surface area contributed by atoms with Gasteiger partial charge in [-0.05, 0) is 241 Å². The van der Waals surface area contributed by atoms with Crippen LogP contribution in [-0.4, -0.2) is 27.4 Å². The monoisotopic (exact) mass is 1800 g/mol. The second kappa shape index (κ2) is 30.5. The topological polar surface area (TPSA) is 77.2 Å². The fraction of sp³-hybridized carbons (Fsp3) is 0.0517. The largest absolute Gasteiger partial charge is 0.417 e. The van der Waals surface area contributed by atoms with Crippen molar-refractivity contribution in [2.24, 2.45) is 0 Å². The van der Waals surface area contributed by atoms with Crippen LogP contribution in [0.25, 0.3) is 209 Å². The number of rotatable bonds is 12. The summed E-state index contributed by atoms with van der Waals surface area (Å²) < 4.78 is 193. The first-order valence-corrected chi connectivity index (χ1v) is 43.9. The summed E-state index contributed by atoms with van der Waals surface area (Å²) in [6, 6.07) is 115. The van der Waals surface area contributed by atoms with Gasteiger partial charge in [0.25, 0.3) is 0 Å². The summed E-state index contributed by atoms with van der Waals surface area (Å²) in [6.07, 6.45) is -20.2. The lowest BCUT2D eigenvalue weighted by molar-refractivity contribution is -0.144. The second-order valence-corrected chi connectivity index (χ2v) is 34.6. The predicted molar refractivity (Wildman–Crippen MR) is 518 cm³/mol. The number of nitrogens with zero attached hydrogens (tertiary/aromatic N) is 8. The zero-order valence-corrected chi connectivity index (χ0v) is 71.5. The smallest absolute Gasteiger partial charge is 0.309 e. The fourth-order valence-corrected chi connectivity index (χ4v) is 20.9. The number of aromatic nitrogens is 6. The third-order valence-corrected chi connectivity index (χ3v) is 26.8. The van der Waals surface area contributed by atoms with Gasteiger partial charge < -0.3 is 27.4 Å². The average Bonchev–Trinajstić information content (AvgIpc) is 1.54. The highest BCUT2D eigenvalue weighted by Gasteiger charge is 2.41. The number of halogens is 12. The highest BCUT2D eigenvalue weighted by atomic mass is 19.4. The van der Waals surface area contributed by atoms with E-state index in [1.807, 2.05) is 212 Å². The molecule has 0 fully saturated rings. The Morgan fingerprint density at radius 2 is 0.537 bits per heavy atom. The molecule has 0 aliphatic rings. The number of aryl methyl sites for hydroxylation is 1. The van der Waals surface area contributed by atoms with Crippen molar-refractivity contribution >= 4 is 131 Å². The SMILES string of the molecule is Cc1ccc2c(c1)c1ccccc1n2-c1ccc(C#N)cc1-c1cc(-c2ccc(C(F)(F)F)cc2C(F)(F)F)ccc1-n1c2ccccc2c2cc(Cc3ccc4c(c3)c3cc5c6ccccc6n(-c6cc(C#N)ccc6-c6cc(-c7ccc(C(F)(F)F)cc7C(F)(F)F)ccc6-n6c7ccccc7c7cc8c9ccccc9n(-c9ccccc9)c8cc76)c5cc3n4-c3ccccc3)ccc21. The summed E-state index contributed by atoms with van der Waals surface area (Å²) >= 11 is 0. The Bertz CT molecular complexity index is 9320. The highest BCUT2D eigenvalue weighted by molar-refractivity contribution is 6.22. The van der Waals surface area contributed by atoms with Gasteiger partial charge in [0.1, 0.15) is 0 Å². The lowest BCUT2D eigenvalue weighted by atomic mass is 9.92. The molecule has 0 amide bonds. The van der Waals surface area contributed by atoms with Crippen LogP contribution in [0.1, 0.15) is 50.1 Å². The minimum atomic E-state index is -5.24. The van der Waals surface area contributed by atoms with Crippen molar-refractivity contribution < 1.29 is 52.7 Å². The number of para-hydroxylation sites is 7. The lowest BCUT2D eigenvalue weighted by Crippen LogP contribution is -2.12. The molecule has 654 valence electrons. The molecule has 0 saturated carbocycles. The Morgan fingerprint density at radius 3 is 0.971 bits per heavy atom. The van der Waals surface area contributed by atoms with Crippen LogP contribution in [0.2, 0.25) is 0 Å². The van der Waals surface area contributed by atoms with Crippen LogP contribution in [0.3, 0.4) is 0 Å². The Kier molecular flexibility index (Phi) is 18.4. The maximum absolute atomic E-state index is 15.7. The van der Waals surface area contributed by atoms with Crippen molar-refractivity contribution in [2.45, 2.75) is 38.0 Å². The molecule has 0 radical (unpaired) electrons. The van der Waals surface area contributed by atoms with Crippen molar-refractivity contribution in [3.8, 4) is 90.8 Å². The minimum absolute atomic E-state index is 0.0239. The van der Waals surface area contributed by atoms with Gasteiger partial charge >= 0.3 is 24.7 Å². The van der Waals surface area contributed by atoms with Gasteiger partial charge in [0, 0.05) is 98.3 Å². The summed E-state index contributed by atoms with van der Waals surface area (Å²) in [4.78, 5) is 0. The number of hydrogen-bond donors (Lipinski definition) is 0. The third-order valence-electron chi connectivity index (χ3n) is 26.8. The first kappa shape index (κ1) is 82.1. The summed E-state index contributed by atoms with van der Waals surface area (Å²) in [5.41, 5.74) is 11.4. The molecule has 20 heteroatoms. The predicted octanol–water partition coefficient (Wildman–Crippen LogP) is 32.7. The molecule has 0 spiro atoms. The fourth-order valence-electron chi connectivity index (χ4n) is 20.9. The molecule has 0 aliphatic heterocycles. The number of hydrogen-bond acceptors (Lipinski definition) is 2. The van der Waals surface area contributed by atoms with E-state index in [1.165, 1.54) is 12.1 Å². The van der Waals surface area contributed by atoms with Gasteiger partial charge in [0.05, 0.1) is 134 Å². The van der Waals surface area contributed by atoms with Crippen LogP contribution < -0.4 is 0 Å². The van der Waals surface area contributed by atoms with Gasteiger partial charge in [-0.3, -0.25) is 0 Å². The molecule has 8 nitrogen and oxygen atoms in total. The van der Waals surface area contributed by atoms with Gasteiger partial charge in [-0.2, -0.15) is 63.2 Å². The van der Waals surface area contributed by atoms with E-state index in [2.05, 4.69) is 102 Å². The zero-order chi connectivity index (χ0) is 92.9. The van der Waals surface area contributed by atoms with E-state index in [1.54, 1.807) is 54.6 Å². The van der Waals surface area contributed by atoms with Crippen LogP contribution in [0, 0.1) is 29.6 Å². The van der Waals surface area contributed by atoms with Gasteiger partial charge in [-0.1, -0.05) is 181 Å². The molecule has 0 saturated heterocycles. The number of fused-ring (bicyclic) bond motifs is 18. The van der Waals surface area contributed by atoms with Crippen LogP contribution >= 0.6 is 0 Å². The molecule has 136 heavy (non-hydrogen) atoms. The van der Waals surface area contributed by atoms with Crippen molar-refractivity contribution in [3.05, 3.63) is 420 Å². The van der Waals surface area contributed by atoms with E-state index in [9.17, 15) is 36.9 Å². The van der Waals surface area contributed by atoms with E-state index in [0.29, 0.717) is 80.1 Å². The standard InChI is InChI=1S/C116H66F12N8/c1-66-32-44-103-85(50-66)79-22-9-14-28-98(79)133(103)105-47-36-69(64-129)54-88(105)90-57-72(78-43-40-74(114(120,121)122)59-96(78)116(126,127)128)38-49-107(90)134-99-29-15-10-23-80(99)86-52-67(35-46-104(86)134)51-68-34-45-102-87(53-68)94-61-93-83-26-12-17-31-101(83)136(112(93)63-110(94)132(102)76-20-6-3-7-21-76)108-55-70(65-130)33-41-84(108)89-56-71(77-42-39-73(113(117,118)119)58-95(77)115(123,124)125)37-48-106(89)135-100-30-16-11-25-82(100)92-60-91-81-24-8-13-27-97(81)131(109(91)62-111(92)135)75-18-4-2-5-19-75/h2-50,52-63H,51H2,1H3. The van der Waals surface area contributed by atoms with Crippen LogP contribution in [0.5, 0.6) is 0 Å². The molecule has 24 rings (SSSR count). The quantitative estimate of drug-likeness (QED) is 0.114. The second-order valence-electron chi connectivity index (χ2n) is 34.6. The van der Waals surface area contributed by atoms with Crippen LogP contribution in [0.4, 0.5) is 52.7 Å². The Labute approximate surface area is 765 Å². The van der Waals surface area contributed by atoms with E-state index in [-0.39, 0.29) is 34.4 Å². The van der Waals surface area contributed by atoms with Gasteiger partial charge in [-0.15, -0.1) is 0 Å². The molecule has 0 unspecified atom stereocenters. The van der Waals surface area contributed by atoms with Gasteiger partial charge in [0.2, 0.25) is 0 Å². The molecule has 0 N–H and O–H groups in total. The van der Waals surface area contributed by atoms with Crippen molar-refractivity contribution in [2.75, 3.05) is 0 Å². The maximum atomic E-state index is 15.7. The minimum Gasteiger partial charge on any atom is -0.309 e. The van der Waals surface area contributed by atoms with Gasteiger partial charge in [-0.25, -0.2) is 0 Å². The molecule has 18 aromatic carbocycles. The van der Waals surface area contributed by atoms with Crippen molar-refractivity contribution in [1.82, 2.24) is 27.4 Å². The van der Waals surface area contributed by atoms with E-state index >= 15 is 26.3 Å². The molecule has 0 atom stereocenters. The molecular formula is C116H66F12N8. The summed E-state index contributed by atoms with van der Waals surface area (Å²) in [5.74, 6) is 0. The Morgan fingerprint density at radius 1 is 0.221 bits per heavy atom. The number of nitriles is 2. The number of benzene rings is 18. The summed E-state index contributed by atoms with van der Waals surface area (Å²) in [6.45, 7) is 2.00. The molecule has 0 aliphatic carbocycles. The van der Waals surface area contributed by atoms with Crippen molar-refractivity contribution in [3.63, 3.8) is 0 Å². The summed E-state index contributed by atoms with van der Waals surface area (Å²) in [7, 11) is 0. The first-order valence-electron chi connectivity index (χ1n) is 43.9. The number of alkyl halides is 12. The average molecular weight is 1800 g/mol. The molecule has 6 aromatic heterocycles. The molecule has 0 bridgehead atoms. The zero-order valence-electron chi connectivity index (χ0n) is 71.5. The van der Waals surface area contributed by atoms with Crippen molar-refractivity contribution in [1.29, 1.82) is 10.5 Å². The maximum Gasteiger partial charge on any atom is 0.417 e. The molecular weight excluding hydrogens is 1730 g/mol. The normalized spacial score (nSPS) is 12.5. The van der Waals surface area contributed by atoms with E-state index in [0.717, 1.165) is 154 Å². The molecule has 24 aromatic rings.